The Bertz CT molecular complexity index is 373. The molecule has 1 heterocycles. The number of nitrogens with zero attached hydrogens (tertiary/aromatic N) is 2. The average molecular weight is 221 g/mol. The lowest BCUT2D eigenvalue weighted by Gasteiger charge is -2.20. The van der Waals surface area contributed by atoms with Crippen LogP contribution in [-0.4, -0.2) is 11.0 Å². The summed E-state index contributed by atoms with van der Waals surface area (Å²) in [6.45, 7) is 3.96. The molecule has 3 nitrogen and oxygen atoms in total. The molecule has 16 heavy (non-hydrogen) atoms. The minimum atomic E-state index is -0.334. The van der Waals surface area contributed by atoms with E-state index in [-0.39, 0.29) is 17.9 Å². The molecule has 0 aliphatic carbocycles. The third kappa shape index (κ3) is 3.59. The first kappa shape index (κ1) is 12.6. The molecular weight excluding hydrogens is 205 g/mol. The Hall–Kier alpha value is -1.47. The molecule has 86 valence electrons. The molecule has 0 aliphatic heterocycles. The van der Waals surface area contributed by atoms with Crippen LogP contribution in [0.2, 0.25) is 0 Å². The van der Waals surface area contributed by atoms with Crippen LogP contribution in [0.3, 0.4) is 0 Å². The molecule has 0 fully saturated rings. The van der Waals surface area contributed by atoms with Gasteiger partial charge in [-0.2, -0.15) is 5.26 Å². The lowest BCUT2D eigenvalue weighted by atomic mass is 10.1. The molecule has 1 rings (SSSR count). The quantitative estimate of drug-likeness (QED) is 0.831. The fourth-order valence-corrected chi connectivity index (χ4v) is 1.55. The van der Waals surface area contributed by atoms with Crippen molar-refractivity contribution in [1.29, 1.82) is 5.26 Å². The number of hydrogen-bond donors (Lipinski definition) is 1. The van der Waals surface area contributed by atoms with Crippen molar-refractivity contribution in [2.75, 3.05) is 0 Å². The molecule has 0 aliphatic rings. The number of rotatable bonds is 5. The van der Waals surface area contributed by atoms with Gasteiger partial charge in [-0.15, -0.1) is 0 Å². The fraction of sp³-hybridized carbons (Fsp3) is 0.500. The molecule has 2 atom stereocenters. The lowest BCUT2D eigenvalue weighted by Crippen LogP contribution is -2.30. The van der Waals surface area contributed by atoms with Crippen molar-refractivity contribution in [2.24, 2.45) is 0 Å². The number of hydrogen-bond acceptors (Lipinski definition) is 3. The van der Waals surface area contributed by atoms with E-state index in [1.54, 1.807) is 6.20 Å². The number of nitriles is 1. The molecule has 0 saturated heterocycles. The summed E-state index contributed by atoms with van der Waals surface area (Å²) in [4.78, 5) is 3.80. The van der Waals surface area contributed by atoms with Crippen LogP contribution in [0.25, 0.3) is 0 Å². The highest BCUT2D eigenvalue weighted by atomic mass is 19.1. The predicted molar refractivity (Wildman–Crippen MR) is 60.1 cm³/mol. The summed E-state index contributed by atoms with van der Waals surface area (Å²) in [6, 6.07) is 3.74. The van der Waals surface area contributed by atoms with Gasteiger partial charge >= 0.3 is 0 Å². The van der Waals surface area contributed by atoms with Crippen molar-refractivity contribution in [1.82, 2.24) is 10.3 Å². The van der Waals surface area contributed by atoms with Crippen molar-refractivity contribution in [3.05, 3.63) is 29.8 Å². The standard InChI is InChI=1S/C12H16FN3/c1-3-12(4-5-14)16-9(2)10-6-11(13)8-15-7-10/h6-9,12,16H,3-4H2,1-2H3. The maximum absolute atomic E-state index is 13.0. The molecule has 0 spiro atoms. The minimum Gasteiger partial charge on any atom is -0.306 e. The van der Waals surface area contributed by atoms with Gasteiger partial charge in [-0.1, -0.05) is 6.92 Å². The topological polar surface area (TPSA) is 48.7 Å². The minimum absolute atomic E-state index is 0.00139. The summed E-state index contributed by atoms with van der Waals surface area (Å²) in [5.41, 5.74) is 0.802. The number of aromatic nitrogens is 1. The van der Waals surface area contributed by atoms with Crippen LogP contribution in [0.1, 0.15) is 38.3 Å². The first-order valence-corrected chi connectivity index (χ1v) is 5.40. The van der Waals surface area contributed by atoms with E-state index in [1.165, 1.54) is 12.3 Å². The molecule has 0 radical (unpaired) electrons. The molecule has 2 unspecified atom stereocenters. The van der Waals surface area contributed by atoms with Gasteiger partial charge in [0.2, 0.25) is 0 Å². The summed E-state index contributed by atoms with van der Waals surface area (Å²) in [6.07, 6.45) is 4.16. The maximum Gasteiger partial charge on any atom is 0.141 e. The van der Waals surface area contributed by atoms with Gasteiger partial charge in [-0.25, -0.2) is 4.39 Å². The van der Waals surface area contributed by atoms with E-state index in [0.29, 0.717) is 6.42 Å². The third-order valence-electron chi connectivity index (χ3n) is 2.54. The van der Waals surface area contributed by atoms with Crippen molar-refractivity contribution in [2.45, 2.75) is 38.8 Å². The molecule has 0 aromatic carbocycles. The zero-order valence-corrected chi connectivity index (χ0v) is 9.57. The Morgan fingerprint density at radius 2 is 2.31 bits per heavy atom. The Kier molecular flexibility index (Phi) is 4.87. The van der Waals surface area contributed by atoms with E-state index in [0.717, 1.165) is 12.0 Å². The van der Waals surface area contributed by atoms with Crippen LogP contribution in [-0.2, 0) is 0 Å². The van der Waals surface area contributed by atoms with Crippen molar-refractivity contribution in [3.8, 4) is 6.07 Å². The lowest BCUT2D eigenvalue weighted by molar-refractivity contribution is 0.445. The van der Waals surface area contributed by atoms with Gasteiger partial charge in [-0.05, 0) is 25.0 Å². The average Bonchev–Trinajstić information content (AvgIpc) is 2.28. The van der Waals surface area contributed by atoms with Crippen LogP contribution in [0.4, 0.5) is 4.39 Å². The van der Waals surface area contributed by atoms with E-state index < -0.39 is 0 Å². The number of nitrogens with one attached hydrogen (secondary N) is 1. The van der Waals surface area contributed by atoms with Crippen LogP contribution in [0.15, 0.2) is 18.5 Å². The van der Waals surface area contributed by atoms with Crippen molar-refractivity contribution >= 4 is 0 Å². The molecule has 1 N–H and O–H groups in total. The first-order valence-electron chi connectivity index (χ1n) is 5.40. The number of halogens is 1. The molecule has 4 heteroatoms. The highest BCUT2D eigenvalue weighted by Crippen LogP contribution is 2.14. The van der Waals surface area contributed by atoms with Crippen LogP contribution >= 0.6 is 0 Å². The Morgan fingerprint density at radius 3 is 2.88 bits per heavy atom. The first-order chi connectivity index (χ1) is 7.67. The fourth-order valence-electron chi connectivity index (χ4n) is 1.55. The molecular formula is C12H16FN3. The monoisotopic (exact) mass is 221 g/mol. The molecule has 1 aromatic rings. The second kappa shape index (κ2) is 6.19. The third-order valence-corrected chi connectivity index (χ3v) is 2.54. The van der Waals surface area contributed by atoms with Gasteiger partial charge in [0, 0.05) is 18.3 Å². The molecule has 1 aromatic heterocycles. The normalized spacial score (nSPS) is 14.1. The van der Waals surface area contributed by atoms with E-state index in [4.69, 9.17) is 5.26 Å². The summed E-state index contributed by atoms with van der Waals surface area (Å²) >= 11 is 0. The Labute approximate surface area is 95.3 Å². The van der Waals surface area contributed by atoms with Gasteiger partial charge in [0.05, 0.1) is 18.7 Å². The second-order valence-corrected chi connectivity index (χ2v) is 3.79. The van der Waals surface area contributed by atoms with Crippen LogP contribution in [0, 0.1) is 17.1 Å². The highest BCUT2D eigenvalue weighted by molar-refractivity contribution is 5.14. The van der Waals surface area contributed by atoms with Gasteiger partial charge < -0.3 is 5.32 Å². The summed E-state index contributed by atoms with van der Waals surface area (Å²) < 4.78 is 13.0. The zero-order valence-electron chi connectivity index (χ0n) is 9.57. The van der Waals surface area contributed by atoms with E-state index in [9.17, 15) is 4.39 Å². The summed E-state index contributed by atoms with van der Waals surface area (Å²) in [7, 11) is 0. The van der Waals surface area contributed by atoms with E-state index in [2.05, 4.69) is 16.4 Å². The van der Waals surface area contributed by atoms with E-state index >= 15 is 0 Å². The van der Waals surface area contributed by atoms with Crippen molar-refractivity contribution in [3.63, 3.8) is 0 Å². The van der Waals surface area contributed by atoms with Crippen molar-refractivity contribution < 1.29 is 4.39 Å². The zero-order chi connectivity index (χ0) is 12.0. The molecule has 0 bridgehead atoms. The molecule has 0 amide bonds. The Morgan fingerprint density at radius 1 is 1.56 bits per heavy atom. The van der Waals surface area contributed by atoms with Gasteiger partial charge in [0.25, 0.3) is 0 Å². The van der Waals surface area contributed by atoms with Crippen LogP contribution < -0.4 is 5.32 Å². The highest BCUT2D eigenvalue weighted by Gasteiger charge is 2.12. The van der Waals surface area contributed by atoms with E-state index in [1.807, 2.05) is 13.8 Å². The summed E-state index contributed by atoms with van der Waals surface area (Å²) in [5, 5.41) is 11.9. The smallest absolute Gasteiger partial charge is 0.141 e. The Balaban J connectivity index is 2.64. The maximum atomic E-state index is 13.0. The SMILES string of the molecule is CCC(CC#N)NC(C)c1cncc(F)c1. The number of pyridine rings is 1. The van der Waals surface area contributed by atoms with Gasteiger partial charge in [0.1, 0.15) is 5.82 Å². The predicted octanol–water partition coefficient (Wildman–Crippen LogP) is 2.56. The van der Waals surface area contributed by atoms with Gasteiger partial charge in [-0.3, -0.25) is 4.98 Å². The largest absolute Gasteiger partial charge is 0.306 e. The van der Waals surface area contributed by atoms with Crippen LogP contribution in [0.5, 0.6) is 0 Å². The van der Waals surface area contributed by atoms with Gasteiger partial charge in [0.15, 0.2) is 0 Å². The summed E-state index contributed by atoms with van der Waals surface area (Å²) in [5.74, 6) is -0.334. The second-order valence-electron chi connectivity index (χ2n) is 3.79. The molecule has 0 saturated carbocycles.